The number of methoxy groups -OCH3 is 1. The van der Waals surface area contributed by atoms with Gasteiger partial charge in [0, 0.05) is 17.0 Å². The Hall–Kier alpha value is -4.72. The van der Waals surface area contributed by atoms with E-state index in [1.54, 1.807) is 7.11 Å². The summed E-state index contributed by atoms with van der Waals surface area (Å²) in [5.41, 5.74) is 3.82. The van der Waals surface area contributed by atoms with E-state index in [2.05, 4.69) is 10.2 Å². The van der Waals surface area contributed by atoms with E-state index < -0.39 is 5.92 Å². The smallest absolute Gasteiger partial charge is 0.275 e. The maximum absolute atomic E-state index is 14.0. The van der Waals surface area contributed by atoms with Gasteiger partial charge in [-0.1, -0.05) is 48.5 Å². The molecule has 0 fully saturated rings. The number of aromatic amines is 2. The van der Waals surface area contributed by atoms with Gasteiger partial charge in [0.05, 0.1) is 42.1 Å². The number of aryl methyl sites for hydroxylation is 2. The van der Waals surface area contributed by atoms with E-state index in [1.807, 2.05) is 99.6 Å². The van der Waals surface area contributed by atoms with Crippen LogP contribution < -0.4 is 20.6 Å². The molecule has 0 bridgehead atoms. The molecule has 0 saturated carbocycles. The average molecular weight is 511 g/mol. The third-order valence-corrected chi connectivity index (χ3v) is 6.67. The van der Waals surface area contributed by atoms with Crippen molar-refractivity contribution >= 4 is 0 Å². The van der Waals surface area contributed by atoms with Crippen LogP contribution in [-0.2, 0) is 0 Å². The number of ether oxygens (including phenoxy) is 2. The Morgan fingerprint density at radius 3 is 1.68 bits per heavy atom. The van der Waals surface area contributed by atoms with Crippen LogP contribution in [0.15, 0.2) is 88.5 Å². The summed E-state index contributed by atoms with van der Waals surface area (Å²) >= 11 is 0. The van der Waals surface area contributed by atoms with Crippen molar-refractivity contribution in [2.45, 2.75) is 26.7 Å². The number of hydrogen-bond acceptors (Lipinski definition) is 4. The molecular formula is C30H30N4O4. The number of aromatic nitrogens is 4. The molecule has 5 aromatic rings. The van der Waals surface area contributed by atoms with Gasteiger partial charge in [-0.2, -0.15) is 0 Å². The summed E-state index contributed by atoms with van der Waals surface area (Å²) in [4.78, 5) is 28.1. The molecule has 2 N–H and O–H groups in total. The summed E-state index contributed by atoms with van der Waals surface area (Å²) < 4.78 is 14.7. The van der Waals surface area contributed by atoms with Crippen molar-refractivity contribution in [2.75, 3.05) is 13.7 Å². The number of rotatable bonds is 8. The molecule has 0 aliphatic heterocycles. The summed E-state index contributed by atoms with van der Waals surface area (Å²) in [5, 5.41) is 6.44. The normalized spacial score (nSPS) is 11.2. The van der Waals surface area contributed by atoms with E-state index in [1.165, 1.54) is 9.36 Å². The first kappa shape index (κ1) is 25.0. The zero-order valence-electron chi connectivity index (χ0n) is 21.8. The van der Waals surface area contributed by atoms with Crippen molar-refractivity contribution in [3.8, 4) is 22.9 Å². The molecule has 0 saturated heterocycles. The molecule has 5 rings (SSSR count). The molecule has 0 aliphatic rings. The van der Waals surface area contributed by atoms with Crippen molar-refractivity contribution in [1.82, 2.24) is 19.6 Å². The Bertz CT molecular complexity index is 1580. The lowest BCUT2D eigenvalue weighted by molar-refractivity contribution is 0.307. The topological polar surface area (TPSA) is 94.0 Å². The van der Waals surface area contributed by atoms with Gasteiger partial charge in [-0.15, -0.1) is 0 Å². The second-order valence-corrected chi connectivity index (χ2v) is 9.00. The first-order valence-electron chi connectivity index (χ1n) is 12.5. The molecule has 0 spiro atoms. The maximum atomic E-state index is 14.0. The van der Waals surface area contributed by atoms with Crippen LogP contribution in [0.3, 0.4) is 0 Å². The van der Waals surface area contributed by atoms with E-state index in [0.29, 0.717) is 57.6 Å². The van der Waals surface area contributed by atoms with Crippen molar-refractivity contribution in [1.29, 1.82) is 0 Å². The largest absolute Gasteiger partial charge is 0.493 e. The summed E-state index contributed by atoms with van der Waals surface area (Å²) in [7, 11) is 1.57. The molecule has 38 heavy (non-hydrogen) atoms. The Morgan fingerprint density at radius 1 is 0.737 bits per heavy atom. The highest BCUT2D eigenvalue weighted by Crippen LogP contribution is 2.41. The first-order chi connectivity index (χ1) is 18.5. The van der Waals surface area contributed by atoms with Gasteiger partial charge in [0.25, 0.3) is 11.1 Å². The Morgan fingerprint density at radius 2 is 1.24 bits per heavy atom. The molecule has 2 aromatic heterocycles. The number of nitrogens with one attached hydrogen (secondary N) is 2. The fourth-order valence-corrected chi connectivity index (χ4v) is 4.99. The summed E-state index contributed by atoms with van der Waals surface area (Å²) in [5.74, 6) is 0.302. The zero-order valence-corrected chi connectivity index (χ0v) is 21.8. The molecule has 194 valence electrons. The number of para-hydroxylation sites is 3. The van der Waals surface area contributed by atoms with Gasteiger partial charge in [0.1, 0.15) is 0 Å². The zero-order chi connectivity index (χ0) is 26.8. The van der Waals surface area contributed by atoms with Gasteiger partial charge in [-0.25, -0.2) is 9.36 Å². The highest BCUT2D eigenvalue weighted by Gasteiger charge is 2.33. The summed E-state index contributed by atoms with van der Waals surface area (Å²) in [6, 6.07) is 24.3. The SMILES string of the molecule is CCOc1c(OC)cccc1C(c1c(C)[nH]n(-c2ccccc2)c1=O)c1c(C)[nH]n(-c2ccccc2)c1=O. The van der Waals surface area contributed by atoms with Gasteiger partial charge in [-0.05, 0) is 51.1 Å². The first-order valence-corrected chi connectivity index (χ1v) is 12.5. The van der Waals surface area contributed by atoms with Crippen molar-refractivity contribution in [2.24, 2.45) is 0 Å². The number of nitrogens with zero attached hydrogens (tertiary/aromatic N) is 2. The summed E-state index contributed by atoms with van der Waals surface area (Å²) in [6.45, 7) is 5.97. The fourth-order valence-electron chi connectivity index (χ4n) is 4.99. The maximum Gasteiger partial charge on any atom is 0.275 e. The monoisotopic (exact) mass is 510 g/mol. The lowest BCUT2D eigenvalue weighted by atomic mass is 9.84. The Kier molecular flexibility index (Phi) is 6.79. The van der Waals surface area contributed by atoms with Crippen LogP contribution in [0.25, 0.3) is 11.4 Å². The van der Waals surface area contributed by atoms with E-state index >= 15 is 0 Å². The molecule has 0 amide bonds. The Labute approximate surface area is 220 Å². The molecule has 0 aliphatic carbocycles. The van der Waals surface area contributed by atoms with E-state index in [0.717, 1.165) is 0 Å². The molecule has 3 aromatic carbocycles. The molecule has 8 nitrogen and oxygen atoms in total. The minimum atomic E-state index is -0.728. The highest BCUT2D eigenvalue weighted by molar-refractivity contribution is 5.56. The minimum Gasteiger partial charge on any atom is -0.493 e. The highest BCUT2D eigenvalue weighted by atomic mass is 16.5. The molecule has 0 radical (unpaired) electrons. The predicted octanol–water partition coefficient (Wildman–Crippen LogP) is 4.85. The van der Waals surface area contributed by atoms with E-state index in [4.69, 9.17) is 9.47 Å². The van der Waals surface area contributed by atoms with Crippen LogP contribution in [0.2, 0.25) is 0 Å². The van der Waals surface area contributed by atoms with Crippen LogP contribution in [0, 0.1) is 13.8 Å². The van der Waals surface area contributed by atoms with Crippen molar-refractivity contribution in [3.63, 3.8) is 0 Å². The molecule has 0 atom stereocenters. The summed E-state index contributed by atoms with van der Waals surface area (Å²) in [6.07, 6.45) is 0. The second kappa shape index (κ2) is 10.3. The van der Waals surface area contributed by atoms with Crippen LogP contribution in [0.4, 0.5) is 0 Å². The van der Waals surface area contributed by atoms with Crippen LogP contribution in [0.1, 0.15) is 40.9 Å². The van der Waals surface area contributed by atoms with Crippen molar-refractivity contribution < 1.29 is 9.47 Å². The van der Waals surface area contributed by atoms with Gasteiger partial charge in [-0.3, -0.25) is 19.8 Å². The minimum absolute atomic E-state index is 0.241. The lowest BCUT2D eigenvalue weighted by Crippen LogP contribution is -2.25. The molecule has 0 unspecified atom stereocenters. The molecule has 8 heteroatoms. The van der Waals surface area contributed by atoms with Crippen molar-refractivity contribution in [3.05, 3.63) is 128 Å². The third-order valence-electron chi connectivity index (χ3n) is 6.67. The molecule has 2 heterocycles. The van der Waals surface area contributed by atoms with Crippen LogP contribution >= 0.6 is 0 Å². The quantitative estimate of drug-likeness (QED) is 0.312. The van der Waals surface area contributed by atoms with Gasteiger partial charge in [0.2, 0.25) is 0 Å². The number of benzene rings is 3. The van der Waals surface area contributed by atoms with Gasteiger partial charge in [0.15, 0.2) is 11.5 Å². The van der Waals surface area contributed by atoms with Gasteiger partial charge < -0.3 is 9.47 Å². The average Bonchev–Trinajstić information content (AvgIpc) is 3.40. The number of H-pyrrole nitrogens is 2. The standard InChI is InChI=1S/C30H30N4O4/c1-5-38-28-23(17-12-18-24(28)37-4)27(25-19(2)31-33(29(25)35)21-13-8-6-9-14-21)26-20(3)32-34(30(26)36)22-15-10-7-11-16-22/h6-18,27,31-32H,5H2,1-4H3. The van der Waals surface area contributed by atoms with E-state index in [-0.39, 0.29) is 11.1 Å². The van der Waals surface area contributed by atoms with E-state index in [9.17, 15) is 9.59 Å². The Balaban J connectivity index is 1.83. The van der Waals surface area contributed by atoms with Gasteiger partial charge >= 0.3 is 0 Å². The molecular weight excluding hydrogens is 480 g/mol. The fraction of sp³-hybridized carbons (Fsp3) is 0.200. The third kappa shape index (κ3) is 4.24. The number of hydrogen-bond donors (Lipinski definition) is 2. The lowest BCUT2D eigenvalue weighted by Gasteiger charge is -2.21. The second-order valence-electron chi connectivity index (χ2n) is 9.00. The van der Waals surface area contributed by atoms with Crippen LogP contribution in [0.5, 0.6) is 11.5 Å². The predicted molar refractivity (Wildman–Crippen MR) is 147 cm³/mol. The van der Waals surface area contributed by atoms with Crippen LogP contribution in [-0.4, -0.2) is 33.3 Å².